The lowest BCUT2D eigenvalue weighted by Gasteiger charge is -2.27. The highest BCUT2D eigenvalue weighted by molar-refractivity contribution is 5.86. The molecule has 1 unspecified atom stereocenters. The third-order valence-corrected chi connectivity index (χ3v) is 2.90. The number of nitrogens with one attached hydrogen (secondary N) is 1. The molecule has 0 aromatic heterocycles. The first-order chi connectivity index (χ1) is 6.65. The van der Waals surface area contributed by atoms with Gasteiger partial charge in [-0.15, -0.1) is 0 Å². The van der Waals surface area contributed by atoms with Crippen LogP contribution < -0.4 is 11.1 Å². The number of nitrogens with two attached hydrogens (primary N) is 1. The normalized spacial score (nSPS) is 23.1. The van der Waals surface area contributed by atoms with Crippen molar-refractivity contribution in [1.29, 1.82) is 0 Å². The van der Waals surface area contributed by atoms with Crippen LogP contribution in [0.1, 0.15) is 33.1 Å². The zero-order chi connectivity index (χ0) is 11.9. The zero-order valence-corrected chi connectivity index (χ0v) is 8.74. The number of alkyl halides is 3. The fourth-order valence-electron chi connectivity index (χ4n) is 1.13. The van der Waals surface area contributed by atoms with Gasteiger partial charge in [-0.2, -0.15) is 13.2 Å². The first-order valence-electron chi connectivity index (χ1n) is 4.83. The summed E-state index contributed by atoms with van der Waals surface area (Å²) in [5.74, 6) is -0.736. The smallest absolute Gasteiger partial charge is 0.340 e. The summed E-state index contributed by atoms with van der Waals surface area (Å²) in [4.78, 5) is 11.5. The van der Waals surface area contributed by atoms with Crippen molar-refractivity contribution in [3.8, 4) is 0 Å². The number of rotatable bonds is 3. The number of halogens is 3. The van der Waals surface area contributed by atoms with E-state index in [9.17, 15) is 18.0 Å². The van der Waals surface area contributed by atoms with Crippen molar-refractivity contribution >= 4 is 5.91 Å². The summed E-state index contributed by atoms with van der Waals surface area (Å²) >= 11 is 0. The van der Waals surface area contributed by atoms with Crippen molar-refractivity contribution in [2.24, 2.45) is 5.73 Å². The monoisotopic (exact) mass is 224 g/mol. The SMILES string of the molecule is CCC(C)(N)C(=O)NC1(C(F)(F)F)CC1. The van der Waals surface area contributed by atoms with Gasteiger partial charge >= 0.3 is 6.18 Å². The van der Waals surface area contributed by atoms with E-state index in [2.05, 4.69) is 0 Å². The first-order valence-corrected chi connectivity index (χ1v) is 4.83. The standard InChI is InChI=1S/C9H15F3N2O/c1-3-7(2,13)6(15)14-8(4-5-8)9(10,11)12/h3-5,13H2,1-2H3,(H,14,15). The van der Waals surface area contributed by atoms with Gasteiger partial charge in [0, 0.05) is 0 Å². The lowest BCUT2D eigenvalue weighted by atomic mass is 9.98. The van der Waals surface area contributed by atoms with Crippen LogP contribution in [0.25, 0.3) is 0 Å². The van der Waals surface area contributed by atoms with Gasteiger partial charge in [-0.05, 0) is 26.2 Å². The van der Waals surface area contributed by atoms with E-state index in [0.717, 1.165) is 0 Å². The average Bonchev–Trinajstić information content (AvgIpc) is 2.84. The van der Waals surface area contributed by atoms with E-state index in [1.165, 1.54) is 6.92 Å². The van der Waals surface area contributed by atoms with Crippen LogP contribution >= 0.6 is 0 Å². The minimum atomic E-state index is -4.38. The topological polar surface area (TPSA) is 55.1 Å². The fraction of sp³-hybridized carbons (Fsp3) is 0.889. The van der Waals surface area contributed by atoms with E-state index in [1.807, 2.05) is 5.32 Å². The summed E-state index contributed by atoms with van der Waals surface area (Å²) in [5, 5.41) is 2.01. The van der Waals surface area contributed by atoms with Crippen molar-refractivity contribution in [3.63, 3.8) is 0 Å². The van der Waals surface area contributed by atoms with E-state index in [-0.39, 0.29) is 12.8 Å². The van der Waals surface area contributed by atoms with Crippen LogP contribution in [-0.4, -0.2) is 23.2 Å². The maximum atomic E-state index is 12.5. The molecule has 0 spiro atoms. The zero-order valence-electron chi connectivity index (χ0n) is 8.74. The lowest BCUT2D eigenvalue weighted by molar-refractivity contribution is -0.171. The Hall–Kier alpha value is -0.780. The number of hydrogen-bond acceptors (Lipinski definition) is 2. The number of hydrogen-bond donors (Lipinski definition) is 2. The van der Waals surface area contributed by atoms with Crippen molar-refractivity contribution in [3.05, 3.63) is 0 Å². The number of amides is 1. The minimum Gasteiger partial charge on any atom is -0.340 e. The largest absolute Gasteiger partial charge is 0.411 e. The first kappa shape index (κ1) is 12.3. The Bertz CT molecular complexity index is 269. The second kappa shape index (κ2) is 3.37. The molecule has 0 radical (unpaired) electrons. The highest BCUT2D eigenvalue weighted by atomic mass is 19.4. The molecule has 1 amide bonds. The molecule has 1 aliphatic carbocycles. The fourth-order valence-corrected chi connectivity index (χ4v) is 1.13. The molecule has 3 nitrogen and oxygen atoms in total. The van der Waals surface area contributed by atoms with Crippen LogP contribution in [0, 0.1) is 0 Å². The van der Waals surface area contributed by atoms with Crippen molar-refractivity contribution in [1.82, 2.24) is 5.32 Å². The van der Waals surface area contributed by atoms with Gasteiger partial charge in [0.05, 0.1) is 5.54 Å². The van der Waals surface area contributed by atoms with Gasteiger partial charge in [0.1, 0.15) is 5.54 Å². The summed E-state index contributed by atoms with van der Waals surface area (Å²) in [5.41, 5.74) is 2.31. The van der Waals surface area contributed by atoms with Crippen LogP contribution in [0.3, 0.4) is 0 Å². The molecular formula is C9H15F3N2O. The quantitative estimate of drug-likeness (QED) is 0.759. The minimum absolute atomic E-state index is 0.0535. The predicted octanol–water partition coefficient (Wildman–Crippen LogP) is 1.32. The van der Waals surface area contributed by atoms with Crippen LogP contribution in [0.15, 0.2) is 0 Å². The molecule has 6 heteroatoms. The Balaban J connectivity index is 2.68. The van der Waals surface area contributed by atoms with Gasteiger partial charge in [-0.1, -0.05) is 6.92 Å². The summed E-state index contributed by atoms with van der Waals surface area (Å²) in [6.07, 6.45) is -4.19. The summed E-state index contributed by atoms with van der Waals surface area (Å²) in [6.45, 7) is 3.08. The molecule has 0 heterocycles. The van der Waals surface area contributed by atoms with Crippen LogP contribution in [-0.2, 0) is 4.79 Å². The molecule has 0 aromatic carbocycles. The van der Waals surface area contributed by atoms with Crippen LogP contribution in [0.2, 0.25) is 0 Å². The predicted molar refractivity (Wildman–Crippen MR) is 49.0 cm³/mol. The molecule has 3 N–H and O–H groups in total. The number of carbonyl (C=O) groups is 1. The molecule has 1 fully saturated rings. The second-order valence-corrected chi connectivity index (χ2v) is 4.31. The molecule has 1 rings (SSSR count). The summed E-state index contributed by atoms with van der Waals surface area (Å²) in [6, 6.07) is 0. The van der Waals surface area contributed by atoms with E-state index in [0.29, 0.717) is 6.42 Å². The van der Waals surface area contributed by atoms with Crippen molar-refractivity contribution in [2.45, 2.75) is 50.4 Å². The molecule has 0 aromatic rings. The van der Waals surface area contributed by atoms with Crippen molar-refractivity contribution in [2.75, 3.05) is 0 Å². The number of carbonyl (C=O) groups excluding carboxylic acids is 1. The molecule has 1 saturated carbocycles. The third kappa shape index (κ3) is 2.25. The maximum Gasteiger partial charge on any atom is 0.411 e. The van der Waals surface area contributed by atoms with Gasteiger partial charge in [0.2, 0.25) is 5.91 Å². The molecule has 0 bridgehead atoms. The summed E-state index contributed by atoms with van der Waals surface area (Å²) in [7, 11) is 0. The summed E-state index contributed by atoms with van der Waals surface area (Å²) < 4.78 is 37.5. The highest BCUT2D eigenvalue weighted by Crippen LogP contribution is 2.49. The Morgan fingerprint density at radius 3 is 2.20 bits per heavy atom. The van der Waals surface area contributed by atoms with Crippen LogP contribution in [0.5, 0.6) is 0 Å². The molecule has 1 aliphatic rings. The second-order valence-electron chi connectivity index (χ2n) is 4.31. The lowest BCUT2D eigenvalue weighted by Crippen LogP contribution is -2.58. The Kier molecular flexibility index (Phi) is 2.76. The highest BCUT2D eigenvalue weighted by Gasteiger charge is 2.64. The Morgan fingerprint density at radius 1 is 1.47 bits per heavy atom. The van der Waals surface area contributed by atoms with Gasteiger partial charge < -0.3 is 11.1 Å². The van der Waals surface area contributed by atoms with Gasteiger partial charge in [-0.25, -0.2) is 0 Å². The van der Waals surface area contributed by atoms with Gasteiger partial charge in [0.15, 0.2) is 0 Å². The molecule has 0 aliphatic heterocycles. The Morgan fingerprint density at radius 2 is 1.93 bits per heavy atom. The van der Waals surface area contributed by atoms with Gasteiger partial charge in [0.25, 0.3) is 0 Å². The molecule has 15 heavy (non-hydrogen) atoms. The van der Waals surface area contributed by atoms with E-state index in [1.54, 1.807) is 6.92 Å². The molecule has 88 valence electrons. The molecule has 0 saturated heterocycles. The third-order valence-electron chi connectivity index (χ3n) is 2.90. The van der Waals surface area contributed by atoms with Crippen LogP contribution in [0.4, 0.5) is 13.2 Å². The van der Waals surface area contributed by atoms with Crippen molar-refractivity contribution < 1.29 is 18.0 Å². The Labute approximate surface area is 86.2 Å². The van der Waals surface area contributed by atoms with E-state index in [4.69, 9.17) is 5.73 Å². The molecule has 1 atom stereocenters. The average molecular weight is 224 g/mol. The van der Waals surface area contributed by atoms with E-state index >= 15 is 0 Å². The van der Waals surface area contributed by atoms with E-state index < -0.39 is 23.2 Å². The van der Waals surface area contributed by atoms with Gasteiger partial charge in [-0.3, -0.25) is 4.79 Å². The maximum absolute atomic E-state index is 12.5. The molecular weight excluding hydrogens is 209 g/mol.